The summed E-state index contributed by atoms with van der Waals surface area (Å²) >= 11 is 0. The molecule has 0 atom stereocenters. The van der Waals surface area contributed by atoms with E-state index >= 15 is 0 Å². The smallest absolute Gasteiger partial charge is 0.305 e. The van der Waals surface area contributed by atoms with E-state index in [0.717, 1.165) is 12.1 Å². The molecule has 1 amide bonds. The fourth-order valence-electron chi connectivity index (χ4n) is 3.25. The molecular formula is C20H18F3NO4. The summed E-state index contributed by atoms with van der Waals surface area (Å²) in [5.41, 5.74) is -0.0814. The third-order valence-corrected chi connectivity index (χ3v) is 4.78. The van der Waals surface area contributed by atoms with Crippen molar-refractivity contribution in [2.45, 2.75) is 24.8 Å². The number of carboxylic acid groups (broad SMARTS) is 1. The highest BCUT2D eigenvalue weighted by Gasteiger charge is 2.36. The third-order valence-electron chi connectivity index (χ3n) is 4.78. The lowest BCUT2D eigenvalue weighted by atomic mass is 9.86. The summed E-state index contributed by atoms with van der Waals surface area (Å²) in [6, 6.07) is 7.62. The van der Waals surface area contributed by atoms with Gasteiger partial charge in [0.15, 0.2) is 17.5 Å². The van der Waals surface area contributed by atoms with Crippen LogP contribution in [0.5, 0.6) is 0 Å². The number of carbonyl (C=O) groups excluding carboxylic acids is 1. The normalized spacial score (nSPS) is 15.8. The minimum Gasteiger partial charge on any atom is -0.481 e. The fourth-order valence-corrected chi connectivity index (χ4v) is 3.25. The zero-order chi connectivity index (χ0) is 20.3. The number of nitrogens with one attached hydrogen (secondary N) is 1. The number of aliphatic carboxylic acids is 1. The molecule has 0 bridgehead atoms. The molecule has 1 fully saturated rings. The second-order valence-electron chi connectivity index (χ2n) is 6.75. The van der Waals surface area contributed by atoms with Crippen LogP contribution in [0.1, 0.15) is 29.6 Å². The predicted molar refractivity (Wildman–Crippen MR) is 94.3 cm³/mol. The maximum atomic E-state index is 13.4. The van der Waals surface area contributed by atoms with Gasteiger partial charge in [0.2, 0.25) is 0 Å². The van der Waals surface area contributed by atoms with Crippen molar-refractivity contribution in [1.82, 2.24) is 5.32 Å². The average molecular weight is 393 g/mol. The molecule has 5 nitrogen and oxygen atoms in total. The van der Waals surface area contributed by atoms with Crippen molar-refractivity contribution >= 4 is 11.9 Å². The van der Waals surface area contributed by atoms with E-state index in [9.17, 15) is 22.8 Å². The van der Waals surface area contributed by atoms with Crippen LogP contribution in [0.2, 0.25) is 0 Å². The first-order chi connectivity index (χ1) is 13.3. The van der Waals surface area contributed by atoms with E-state index in [1.807, 2.05) is 0 Å². The summed E-state index contributed by atoms with van der Waals surface area (Å²) in [6.45, 7) is 0.711. The van der Waals surface area contributed by atoms with Gasteiger partial charge in [-0.1, -0.05) is 12.1 Å². The zero-order valence-corrected chi connectivity index (χ0v) is 14.8. The van der Waals surface area contributed by atoms with Gasteiger partial charge >= 0.3 is 5.97 Å². The van der Waals surface area contributed by atoms with Gasteiger partial charge in [0, 0.05) is 18.8 Å². The first-order valence-electron chi connectivity index (χ1n) is 8.67. The van der Waals surface area contributed by atoms with Gasteiger partial charge in [0.25, 0.3) is 5.91 Å². The molecule has 1 saturated heterocycles. The van der Waals surface area contributed by atoms with E-state index in [2.05, 4.69) is 5.32 Å². The Labute approximate surface area is 159 Å². The first kappa shape index (κ1) is 19.9. The Morgan fingerprint density at radius 2 is 1.57 bits per heavy atom. The van der Waals surface area contributed by atoms with Crippen LogP contribution in [0.15, 0.2) is 36.4 Å². The summed E-state index contributed by atoms with van der Waals surface area (Å²) in [5.74, 6) is -5.61. The van der Waals surface area contributed by atoms with E-state index < -0.39 is 34.9 Å². The summed E-state index contributed by atoms with van der Waals surface area (Å²) < 4.78 is 45.2. The molecular weight excluding hydrogens is 375 g/mol. The molecule has 0 aliphatic carbocycles. The van der Waals surface area contributed by atoms with Gasteiger partial charge in [0.05, 0.1) is 12.0 Å². The molecule has 2 N–H and O–H groups in total. The van der Waals surface area contributed by atoms with Crippen LogP contribution in [0.25, 0.3) is 11.1 Å². The first-order valence-corrected chi connectivity index (χ1v) is 8.67. The Morgan fingerprint density at radius 1 is 1.00 bits per heavy atom. The molecule has 1 aliphatic heterocycles. The Bertz CT molecular complexity index is 870. The standard InChI is InChI=1S/C20H18F3NO4/c21-15-9-14(10-16(22)18(15)23)12-1-3-13(4-2-12)19(27)24-20(11-17(25)26)5-7-28-8-6-20/h1-4,9-10H,5-8,11H2,(H,24,27)(H,25,26). The molecule has 0 spiro atoms. The van der Waals surface area contributed by atoms with Gasteiger partial charge in [-0.15, -0.1) is 0 Å². The molecule has 1 heterocycles. The van der Waals surface area contributed by atoms with Crippen LogP contribution in [0, 0.1) is 17.5 Å². The fraction of sp³-hybridized carbons (Fsp3) is 0.300. The van der Waals surface area contributed by atoms with Crippen LogP contribution >= 0.6 is 0 Å². The van der Waals surface area contributed by atoms with E-state index in [-0.39, 0.29) is 17.5 Å². The minimum absolute atomic E-state index is 0.134. The number of rotatable bonds is 5. The van der Waals surface area contributed by atoms with Crippen molar-refractivity contribution in [3.05, 3.63) is 59.4 Å². The van der Waals surface area contributed by atoms with Crippen molar-refractivity contribution in [2.75, 3.05) is 13.2 Å². The van der Waals surface area contributed by atoms with E-state index in [0.29, 0.717) is 31.6 Å². The van der Waals surface area contributed by atoms with Gasteiger partial charge in [-0.25, -0.2) is 13.2 Å². The minimum atomic E-state index is -1.54. The summed E-state index contributed by atoms with van der Waals surface area (Å²) in [6.07, 6.45) is 0.558. The maximum Gasteiger partial charge on any atom is 0.305 e. The van der Waals surface area contributed by atoms with E-state index in [1.165, 1.54) is 24.3 Å². The molecule has 1 aliphatic rings. The lowest BCUT2D eigenvalue weighted by molar-refractivity contribution is -0.139. The number of benzene rings is 2. The molecule has 148 valence electrons. The van der Waals surface area contributed by atoms with Crippen LogP contribution in [-0.4, -0.2) is 35.7 Å². The van der Waals surface area contributed by atoms with E-state index in [4.69, 9.17) is 9.84 Å². The monoisotopic (exact) mass is 393 g/mol. The SMILES string of the molecule is O=C(O)CC1(NC(=O)c2ccc(-c3cc(F)c(F)c(F)c3)cc2)CCOCC1. The Kier molecular flexibility index (Phi) is 5.69. The Hall–Kier alpha value is -2.87. The number of amides is 1. The molecule has 2 aromatic carbocycles. The second kappa shape index (κ2) is 8.02. The second-order valence-corrected chi connectivity index (χ2v) is 6.75. The molecule has 28 heavy (non-hydrogen) atoms. The molecule has 0 saturated carbocycles. The van der Waals surface area contributed by atoms with Gasteiger partial charge in [-0.2, -0.15) is 0 Å². The van der Waals surface area contributed by atoms with Gasteiger partial charge in [-0.05, 0) is 48.2 Å². The van der Waals surface area contributed by atoms with E-state index in [1.54, 1.807) is 0 Å². The molecule has 3 rings (SSSR count). The zero-order valence-electron chi connectivity index (χ0n) is 14.8. The summed E-state index contributed by atoms with van der Waals surface area (Å²) in [7, 11) is 0. The average Bonchev–Trinajstić information content (AvgIpc) is 2.65. The van der Waals surface area contributed by atoms with Gasteiger partial charge in [0.1, 0.15) is 0 Å². The topological polar surface area (TPSA) is 75.6 Å². The van der Waals surface area contributed by atoms with Crippen LogP contribution in [0.4, 0.5) is 13.2 Å². The highest BCUT2D eigenvalue weighted by atomic mass is 19.2. The number of hydrogen-bond donors (Lipinski definition) is 2. The van der Waals surface area contributed by atoms with Crippen LogP contribution in [0.3, 0.4) is 0 Å². The lowest BCUT2D eigenvalue weighted by Gasteiger charge is -2.36. The largest absolute Gasteiger partial charge is 0.481 e. The highest BCUT2D eigenvalue weighted by molar-refractivity contribution is 5.95. The maximum absolute atomic E-state index is 13.4. The Balaban J connectivity index is 1.79. The number of ether oxygens (including phenoxy) is 1. The number of halogens is 3. The highest BCUT2D eigenvalue weighted by Crippen LogP contribution is 2.27. The number of carbonyl (C=O) groups is 2. The molecule has 0 unspecified atom stereocenters. The Morgan fingerprint density at radius 3 is 2.11 bits per heavy atom. The van der Waals surface area contributed by atoms with Crippen molar-refractivity contribution in [2.24, 2.45) is 0 Å². The van der Waals surface area contributed by atoms with Gasteiger partial charge in [-0.3, -0.25) is 9.59 Å². The molecule has 8 heteroatoms. The number of carboxylic acids is 1. The molecule has 2 aromatic rings. The summed E-state index contributed by atoms with van der Waals surface area (Å²) in [4.78, 5) is 23.8. The molecule has 0 radical (unpaired) electrons. The van der Waals surface area contributed by atoms with Gasteiger partial charge < -0.3 is 15.2 Å². The lowest BCUT2D eigenvalue weighted by Crippen LogP contribution is -2.53. The van der Waals surface area contributed by atoms with Crippen LogP contribution < -0.4 is 5.32 Å². The van der Waals surface area contributed by atoms with Crippen molar-refractivity contribution < 1.29 is 32.6 Å². The molecule has 0 aromatic heterocycles. The van der Waals surface area contributed by atoms with Crippen molar-refractivity contribution in [1.29, 1.82) is 0 Å². The van der Waals surface area contributed by atoms with Crippen LogP contribution in [-0.2, 0) is 9.53 Å². The third kappa shape index (κ3) is 4.33. The summed E-state index contributed by atoms with van der Waals surface area (Å²) in [5, 5.41) is 12.0. The predicted octanol–water partition coefficient (Wildman–Crippen LogP) is 3.52. The quantitative estimate of drug-likeness (QED) is 0.763. The van der Waals surface area contributed by atoms with Crippen molar-refractivity contribution in [3.8, 4) is 11.1 Å². The number of hydrogen-bond acceptors (Lipinski definition) is 3. The van der Waals surface area contributed by atoms with Crippen molar-refractivity contribution in [3.63, 3.8) is 0 Å².